The summed E-state index contributed by atoms with van der Waals surface area (Å²) in [6.07, 6.45) is -0.380. The van der Waals surface area contributed by atoms with Crippen LogP contribution in [0.2, 0.25) is 0 Å². The van der Waals surface area contributed by atoms with Gasteiger partial charge in [0.25, 0.3) is 5.91 Å². The smallest absolute Gasteiger partial charge is 0.262 e. The van der Waals surface area contributed by atoms with Gasteiger partial charge in [-0.15, -0.1) is 0 Å². The van der Waals surface area contributed by atoms with Crippen molar-refractivity contribution in [2.24, 2.45) is 0 Å². The zero-order valence-electron chi connectivity index (χ0n) is 14.1. The van der Waals surface area contributed by atoms with Crippen LogP contribution >= 0.6 is 0 Å². The number of rotatable bonds is 8. The lowest BCUT2D eigenvalue weighted by Gasteiger charge is -2.10. The third kappa shape index (κ3) is 6.40. The Morgan fingerprint density at radius 1 is 1.21 bits per heavy atom. The number of aliphatic hydroxyl groups is 1. The molecule has 2 aromatic rings. The van der Waals surface area contributed by atoms with Gasteiger partial charge in [-0.3, -0.25) is 4.79 Å². The number of aliphatic hydroxyl groups excluding tert-OH is 1. The Labute approximate surface area is 142 Å². The van der Waals surface area contributed by atoms with Crippen molar-refractivity contribution in [1.29, 1.82) is 0 Å². The third-order valence-electron chi connectivity index (χ3n) is 3.37. The highest BCUT2D eigenvalue weighted by Gasteiger charge is 2.04. The quantitative estimate of drug-likeness (QED) is 0.696. The summed E-state index contributed by atoms with van der Waals surface area (Å²) in [5.74, 6) is 0.446. The van der Waals surface area contributed by atoms with Gasteiger partial charge in [-0.05, 0) is 43.7 Å². The highest BCUT2D eigenvalue weighted by atomic mass is 16.5. The predicted octanol–water partition coefficient (Wildman–Crippen LogP) is 2.48. The van der Waals surface area contributed by atoms with Crippen LogP contribution in [-0.2, 0) is 11.3 Å². The van der Waals surface area contributed by atoms with Crippen LogP contribution in [0.15, 0.2) is 48.5 Å². The largest absolute Gasteiger partial charge is 0.484 e. The monoisotopic (exact) mass is 328 g/mol. The van der Waals surface area contributed by atoms with E-state index in [1.54, 1.807) is 6.92 Å². The average molecular weight is 328 g/mol. The number of hydrogen-bond donors (Lipinski definition) is 3. The van der Waals surface area contributed by atoms with Gasteiger partial charge in [-0.1, -0.05) is 29.8 Å². The maximum Gasteiger partial charge on any atom is 0.262 e. The van der Waals surface area contributed by atoms with Crippen LogP contribution in [-0.4, -0.2) is 30.3 Å². The van der Waals surface area contributed by atoms with Crippen molar-refractivity contribution in [3.63, 3.8) is 0 Å². The molecule has 0 aromatic heterocycles. The normalized spacial score (nSPS) is 11.8. The van der Waals surface area contributed by atoms with Gasteiger partial charge in [0, 0.05) is 18.8 Å². The molecule has 3 N–H and O–H groups in total. The van der Waals surface area contributed by atoms with Crippen molar-refractivity contribution in [3.8, 4) is 5.75 Å². The molecule has 0 aliphatic carbocycles. The molecule has 0 bridgehead atoms. The fourth-order valence-corrected chi connectivity index (χ4v) is 2.15. The Hall–Kier alpha value is -2.37. The molecule has 0 fully saturated rings. The molecule has 24 heavy (non-hydrogen) atoms. The van der Waals surface area contributed by atoms with Gasteiger partial charge in [-0.25, -0.2) is 0 Å². The van der Waals surface area contributed by atoms with E-state index in [0.717, 1.165) is 16.8 Å². The molecule has 0 saturated heterocycles. The van der Waals surface area contributed by atoms with E-state index in [4.69, 9.17) is 4.74 Å². The second-order valence-electron chi connectivity index (χ2n) is 5.83. The highest BCUT2D eigenvalue weighted by Crippen LogP contribution is 2.14. The van der Waals surface area contributed by atoms with E-state index in [2.05, 4.69) is 10.6 Å². The van der Waals surface area contributed by atoms with Crippen LogP contribution in [0.4, 0.5) is 5.69 Å². The lowest BCUT2D eigenvalue weighted by atomic mass is 10.2. The molecule has 0 aliphatic rings. The van der Waals surface area contributed by atoms with Crippen LogP contribution in [0.5, 0.6) is 5.75 Å². The SMILES string of the molecule is Cc1ccc(NC(=O)COc2cccc(CNC[C@@H](C)O)c2)cc1. The minimum absolute atomic E-state index is 0.0432. The summed E-state index contributed by atoms with van der Waals surface area (Å²) in [5.41, 5.74) is 2.93. The lowest BCUT2D eigenvalue weighted by molar-refractivity contribution is -0.118. The summed E-state index contributed by atoms with van der Waals surface area (Å²) in [4.78, 5) is 11.9. The molecule has 0 spiro atoms. The predicted molar refractivity (Wildman–Crippen MR) is 95.1 cm³/mol. The van der Waals surface area contributed by atoms with Crippen LogP contribution in [0.25, 0.3) is 0 Å². The fraction of sp³-hybridized carbons (Fsp3) is 0.316. The molecular weight excluding hydrogens is 304 g/mol. The van der Waals surface area contributed by atoms with Crippen LogP contribution in [0.3, 0.4) is 0 Å². The molecule has 0 radical (unpaired) electrons. The Kier molecular flexibility index (Phi) is 6.78. The highest BCUT2D eigenvalue weighted by molar-refractivity contribution is 5.91. The molecule has 1 atom stereocenters. The second kappa shape index (κ2) is 9.05. The van der Waals surface area contributed by atoms with E-state index in [9.17, 15) is 9.90 Å². The summed E-state index contributed by atoms with van der Waals surface area (Å²) in [6, 6.07) is 15.2. The molecule has 0 unspecified atom stereocenters. The van der Waals surface area contributed by atoms with E-state index < -0.39 is 0 Å². The minimum atomic E-state index is -0.380. The van der Waals surface area contributed by atoms with Gasteiger partial charge in [0.15, 0.2) is 6.61 Å². The lowest BCUT2D eigenvalue weighted by Crippen LogP contribution is -2.23. The number of anilines is 1. The molecule has 0 saturated carbocycles. The average Bonchev–Trinajstić information content (AvgIpc) is 2.55. The van der Waals surface area contributed by atoms with Gasteiger partial charge in [0.1, 0.15) is 5.75 Å². The summed E-state index contributed by atoms with van der Waals surface area (Å²) in [5, 5.41) is 15.2. The van der Waals surface area contributed by atoms with Gasteiger partial charge in [0.2, 0.25) is 0 Å². The molecule has 1 amide bonds. The van der Waals surface area contributed by atoms with E-state index in [0.29, 0.717) is 18.8 Å². The van der Waals surface area contributed by atoms with Crippen molar-refractivity contribution in [2.45, 2.75) is 26.5 Å². The summed E-state index contributed by atoms with van der Waals surface area (Å²) >= 11 is 0. The maximum absolute atomic E-state index is 11.9. The van der Waals surface area contributed by atoms with Crippen molar-refractivity contribution in [2.75, 3.05) is 18.5 Å². The maximum atomic E-state index is 11.9. The first-order valence-electron chi connectivity index (χ1n) is 8.00. The topological polar surface area (TPSA) is 70.6 Å². The molecule has 5 nitrogen and oxygen atoms in total. The fourth-order valence-electron chi connectivity index (χ4n) is 2.15. The Balaban J connectivity index is 1.80. The Bertz CT molecular complexity index is 654. The number of amides is 1. The van der Waals surface area contributed by atoms with Gasteiger partial charge in [-0.2, -0.15) is 0 Å². The zero-order valence-corrected chi connectivity index (χ0v) is 14.1. The molecule has 0 heterocycles. The van der Waals surface area contributed by atoms with Gasteiger partial charge >= 0.3 is 0 Å². The number of ether oxygens (including phenoxy) is 1. The van der Waals surface area contributed by atoms with Gasteiger partial charge in [0.05, 0.1) is 6.10 Å². The van der Waals surface area contributed by atoms with E-state index in [1.165, 1.54) is 0 Å². The summed E-state index contributed by atoms with van der Waals surface area (Å²) < 4.78 is 5.54. The van der Waals surface area contributed by atoms with Gasteiger partial charge < -0.3 is 20.5 Å². The number of hydrogen-bond acceptors (Lipinski definition) is 4. The number of carbonyl (C=O) groups excluding carboxylic acids is 1. The summed E-state index contributed by atoms with van der Waals surface area (Å²) in [6.45, 7) is 4.86. The molecule has 2 rings (SSSR count). The second-order valence-corrected chi connectivity index (χ2v) is 5.83. The van der Waals surface area contributed by atoms with Crippen LogP contribution in [0, 0.1) is 6.92 Å². The zero-order chi connectivity index (χ0) is 17.4. The standard InChI is InChI=1S/C19H24N2O3/c1-14-6-8-17(9-7-14)21-19(23)13-24-18-5-3-4-16(10-18)12-20-11-15(2)22/h3-10,15,20,22H,11-13H2,1-2H3,(H,21,23)/t15-/m1/s1. The van der Waals surface area contributed by atoms with E-state index in [1.807, 2.05) is 55.5 Å². The third-order valence-corrected chi connectivity index (χ3v) is 3.37. The van der Waals surface area contributed by atoms with Crippen molar-refractivity contribution < 1.29 is 14.6 Å². The first-order valence-corrected chi connectivity index (χ1v) is 8.00. The van der Waals surface area contributed by atoms with Crippen molar-refractivity contribution in [1.82, 2.24) is 5.32 Å². The molecule has 0 aliphatic heterocycles. The van der Waals surface area contributed by atoms with Crippen LogP contribution in [0.1, 0.15) is 18.1 Å². The Morgan fingerprint density at radius 3 is 2.67 bits per heavy atom. The first kappa shape index (κ1) is 18.0. The molecule has 5 heteroatoms. The number of nitrogens with one attached hydrogen (secondary N) is 2. The van der Waals surface area contributed by atoms with Crippen molar-refractivity contribution in [3.05, 3.63) is 59.7 Å². The molecule has 128 valence electrons. The minimum Gasteiger partial charge on any atom is -0.484 e. The first-order chi connectivity index (χ1) is 11.5. The number of carbonyl (C=O) groups is 1. The number of benzene rings is 2. The van der Waals surface area contributed by atoms with Crippen LogP contribution < -0.4 is 15.4 Å². The van der Waals surface area contributed by atoms with E-state index in [-0.39, 0.29) is 18.6 Å². The molecular formula is C19H24N2O3. The molecule has 2 aromatic carbocycles. The number of aryl methyl sites for hydroxylation is 1. The van der Waals surface area contributed by atoms with E-state index >= 15 is 0 Å². The Morgan fingerprint density at radius 2 is 1.96 bits per heavy atom. The summed E-state index contributed by atoms with van der Waals surface area (Å²) in [7, 11) is 0. The van der Waals surface area contributed by atoms with Crippen molar-refractivity contribution >= 4 is 11.6 Å².